The number of carbonyl (C=O) groups excluding carboxylic acids is 3. The molecule has 0 aliphatic rings. The second-order valence-corrected chi connectivity index (χ2v) is 5.95. The molecule has 1 aromatic carbocycles. The lowest BCUT2D eigenvalue weighted by atomic mass is 9.97. The monoisotopic (exact) mass is 382 g/mol. The van der Waals surface area contributed by atoms with Gasteiger partial charge in [-0.25, -0.2) is 9.59 Å². The number of benzene rings is 1. The highest BCUT2D eigenvalue weighted by Gasteiger charge is 2.49. The zero-order valence-corrected chi connectivity index (χ0v) is 15.5. The van der Waals surface area contributed by atoms with Crippen LogP contribution in [0.25, 0.3) is 0 Å². The lowest BCUT2D eigenvalue weighted by molar-refractivity contribution is -0.385. The normalized spacial score (nSPS) is 13.8. The number of esters is 1. The number of ketones is 1. The SMILES string of the molecule is CCOC(=O)C(C)(C(C)=O)N(O)C(=O)OCC(C)c1ccccc1[N+](=O)[O-]. The lowest BCUT2D eigenvalue weighted by Gasteiger charge is -2.31. The summed E-state index contributed by atoms with van der Waals surface area (Å²) in [7, 11) is 0. The Morgan fingerprint density at radius 2 is 1.89 bits per heavy atom. The predicted molar refractivity (Wildman–Crippen MR) is 92.2 cm³/mol. The van der Waals surface area contributed by atoms with Crippen molar-refractivity contribution in [1.29, 1.82) is 0 Å². The van der Waals surface area contributed by atoms with Gasteiger partial charge in [-0.1, -0.05) is 25.1 Å². The summed E-state index contributed by atoms with van der Waals surface area (Å²) in [6.45, 7) is 4.76. The van der Waals surface area contributed by atoms with E-state index >= 15 is 0 Å². The van der Waals surface area contributed by atoms with Gasteiger partial charge in [0.05, 0.1) is 11.5 Å². The van der Waals surface area contributed by atoms with Crippen molar-refractivity contribution in [2.45, 2.75) is 39.2 Å². The fraction of sp³-hybridized carbons (Fsp3) is 0.471. The summed E-state index contributed by atoms with van der Waals surface area (Å²) in [5, 5.41) is 21.0. The van der Waals surface area contributed by atoms with Crippen molar-refractivity contribution in [2.75, 3.05) is 13.2 Å². The molecule has 27 heavy (non-hydrogen) atoms. The largest absolute Gasteiger partial charge is 0.464 e. The van der Waals surface area contributed by atoms with Crippen LogP contribution in [0.4, 0.5) is 10.5 Å². The van der Waals surface area contributed by atoms with Gasteiger partial charge in [-0.2, -0.15) is 5.06 Å². The van der Waals surface area contributed by atoms with Gasteiger partial charge in [0, 0.05) is 17.5 Å². The van der Waals surface area contributed by atoms with E-state index < -0.39 is 34.2 Å². The third-order valence-electron chi connectivity index (χ3n) is 4.08. The minimum atomic E-state index is -2.27. The van der Waals surface area contributed by atoms with E-state index in [1.54, 1.807) is 13.0 Å². The number of Topliss-reactive ketones (excluding diaryl/α,β-unsaturated/α-hetero) is 1. The average Bonchev–Trinajstić information content (AvgIpc) is 2.64. The number of hydroxylamine groups is 2. The molecule has 0 spiro atoms. The topological polar surface area (TPSA) is 136 Å². The zero-order chi connectivity index (χ0) is 20.8. The van der Waals surface area contributed by atoms with Crippen LogP contribution < -0.4 is 0 Å². The molecule has 0 radical (unpaired) electrons. The van der Waals surface area contributed by atoms with Gasteiger partial charge in [-0.05, 0) is 20.8 Å². The molecule has 0 saturated heterocycles. The van der Waals surface area contributed by atoms with Gasteiger partial charge in [0.2, 0.25) is 5.54 Å². The maximum absolute atomic E-state index is 12.1. The Balaban J connectivity index is 2.90. The van der Waals surface area contributed by atoms with Crippen LogP contribution in [-0.4, -0.2) is 51.8 Å². The number of carbonyl (C=O) groups is 3. The van der Waals surface area contributed by atoms with Gasteiger partial charge in [0.15, 0.2) is 5.78 Å². The smallest absolute Gasteiger partial charge is 0.435 e. The molecule has 0 heterocycles. The van der Waals surface area contributed by atoms with Crippen molar-refractivity contribution in [1.82, 2.24) is 5.06 Å². The van der Waals surface area contributed by atoms with Crippen LogP contribution in [0.3, 0.4) is 0 Å². The maximum atomic E-state index is 12.1. The van der Waals surface area contributed by atoms with Crippen molar-refractivity contribution in [3.8, 4) is 0 Å². The summed E-state index contributed by atoms with van der Waals surface area (Å²) in [6, 6.07) is 5.95. The molecule has 1 rings (SSSR count). The zero-order valence-electron chi connectivity index (χ0n) is 15.5. The first-order valence-electron chi connectivity index (χ1n) is 8.14. The molecule has 10 heteroatoms. The van der Waals surface area contributed by atoms with Crippen LogP contribution in [0.2, 0.25) is 0 Å². The molecule has 2 atom stereocenters. The number of ether oxygens (including phenoxy) is 2. The Hall–Kier alpha value is -3.01. The molecule has 0 fully saturated rings. The highest BCUT2D eigenvalue weighted by atomic mass is 16.6. The summed E-state index contributed by atoms with van der Waals surface area (Å²) in [6.07, 6.45) is -1.36. The molecule has 0 saturated carbocycles. The number of hydrogen-bond acceptors (Lipinski definition) is 8. The highest BCUT2D eigenvalue weighted by molar-refractivity contribution is 6.08. The van der Waals surface area contributed by atoms with E-state index in [2.05, 4.69) is 0 Å². The van der Waals surface area contributed by atoms with Gasteiger partial charge in [0.25, 0.3) is 5.69 Å². The molecular weight excluding hydrogens is 360 g/mol. The van der Waals surface area contributed by atoms with E-state index in [4.69, 9.17) is 9.47 Å². The van der Waals surface area contributed by atoms with Crippen LogP contribution in [0.1, 0.15) is 39.2 Å². The number of nitro groups is 1. The molecule has 0 aromatic heterocycles. The van der Waals surface area contributed by atoms with Gasteiger partial charge >= 0.3 is 12.1 Å². The van der Waals surface area contributed by atoms with E-state index in [9.17, 15) is 29.7 Å². The molecule has 1 N–H and O–H groups in total. The second-order valence-electron chi connectivity index (χ2n) is 5.95. The number of nitrogens with zero attached hydrogens (tertiary/aromatic N) is 2. The maximum Gasteiger partial charge on any atom is 0.435 e. The van der Waals surface area contributed by atoms with Crippen molar-refractivity contribution >= 4 is 23.5 Å². The Morgan fingerprint density at radius 1 is 1.30 bits per heavy atom. The first-order valence-corrected chi connectivity index (χ1v) is 8.14. The highest BCUT2D eigenvalue weighted by Crippen LogP contribution is 2.27. The third-order valence-corrected chi connectivity index (χ3v) is 4.08. The van der Waals surface area contributed by atoms with Crippen molar-refractivity contribution in [2.24, 2.45) is 0 Å². The van der Waals surface area contributed by atoms with Crippen LogP contribution in [0.5, 0.6) is 0 Å². The van der Waals surface area contributed by atoms with E-state index in [1.165, 1.54) is 25.1 Å². The number of para-hydroxylation sites is 1. The quantitative estimate of drug-likeness (QED) is 0.238. The molecule has 1 amide bonds. The summed E-state index contributed by atoms with van der Waals surface area (Å²) in [4.78, 5) is 46.5. The van der Waals surface area contributed by atoms with E-state index in [0.29, 0.717) is 5.56 Å². The number of amides is 1. The first kappa shape index (κ1) is 22.0. The summed E-state index contributed by atoms with van der Waals surface area (Å²) < 4.78 is 9.67. The summed E-state index contributed by atoms with van der Waals surface area (Å²) >= 11 is 0. The predicted octanol–water partition coefficient (Wildman–Crippen LogP) is 2.44. The van der Waals surface area contributed by atoms with Gasteiger partial charge in [-0.3, -0.25) is 20.1 Å². The Labute approximate surface area is 155 Å². The second kappa shape index (κ2) is 9.08. The fourth-order valence-electron chi connectivity index (χ4n) is 2.25. The Bertz CT molecular complexity index is 735. The third kappa shape index (κ3) is 4.79. The van der Waals surface area contributed by atoms with Crippen LogP contribution in [-0.2, 0) is 19.1 Å². The number of rotatable bonds is 8. The van der Waals surface area contributed by atoms with Crippen molar-refractivity contribution < 1.29 is 34.0 Å². The van der Waals surface area contributed by atoms with Crippen LogP contribution in [0, 0.1) is 10.1 Å². The Morgan fingerprint density at radius 3 is 2.41 bits per heavy atom. The van der Waals surface area contributed by atoms with E-state index in [-0.39, 0.29) is 24.0 Å². The molecule has 2 unspecified atom stereocenters. The first-order chi connectivity index (χ1) is 12.6. The molecule has 1 aromatic rings. The van der Waals surface area contributed by atoms with Gasteiger partial charge in [0.1, 0.15) is 6.61 Å². The standard InChI is InChI=1S/C17H22N2O8/c1-5-26-15(21)17(4,12(3)20)18(23)16(22)27-10-11(2)13-8-6-7-9-14(13)19(24)25/h6-9,11,23H,5,10H2,1-4H3. The van der Waals surface area contributed by atoms with Gasteiger partial charge < -0.3 is 9.47 Å². The molecular formula is C17H22N2O8. The molecule has 0 aliphatic carbocycles. The van der Waals surface area contributed by atoms with Gasteiger partial charge in [-0.15, -0.1) is 0 Å². The fourth-order valence-corrected chi connectivity index (χ4v) is 2.25. The number of hydrogen-bond donors (Lipinski definition) is 1. The summed E-state index contributed by atoms with van der Waals surface area (Å²) in [5.74, 6) is -2.51. The molecule has 0 aliphatic heterocycles. The Kier molecular flexibility index (Phi) is 7.41. The minimum Gasteiger partial charge on any atom is -0.464 e. The average molecular weight is 382 g/mol. The molecule has 148 valence electrons. The van der Waals surface area contributed by atoms with E-state index in [1.807, 2.05) is 0 Å². The molecule has 0 bridgehead atoms. The van der Waals surface area contributed by atoms with Crippen LogP contribution >= 0.6 is 0 Å². The van der Waals surface area contributed by atoms with Crippen molar-refractivity contribution in [3.05, 3.63) is 39.9 Å². The summed E-state index contributed by atoms with van der Waals surface area (Å²) in [5.41, 5.74) is -2.07. The number of nitro benzene ring substituents is 1. The van der Waals surface area contributed by atoms with Crippen LogP contribution in [0.15, 0.2) is 24.3 Å². The van der Waals surface area contributed by atoms with E-state index in [0.717, 1.165) is 13.8 Å². The minimum absolute atomic E-state index is 0.0563. The lowest BCUT2D eigenvalue weighted by Crippen LogP contribution is -2.59. The van der Waals surface area contributed by atoms with Crippen molar-refractivity contribution in [3.63, 3.8) is 0 Å². The molecule has 10 nitrogen and oxygen atoms in total.